The highest BCUT2D eigenvalue weighted by Gasteiger charge is 2.26. The second kappa shape index (κ2) is 11.7. The van der Waals surface area contributed by atoms with Crippen molar-refractivity contribution in [3.63, 3.8) is 0 Å². The normalized spacial score (nSPS) is 11.7. The molecule has 6 aromatic carbocycles. The van der Waals surface area contributed by atoms with E-state index in [1.54, 1.807) is 0 Å². The van der Waals surface area contributed by atoms with E-state index in [1.165, 1.54) is 27.9 Å². The van der Waals surface area contributed by atoms with Gasteiger partial charge in [-0.15, -0.1) is 0 Å². The number of fused-ring (bicyclic) bond motifs is 4. The summed E-state index contributed by atoms with van der Waals surface area (Å²) in [4.78, 5) is 5.31. The van der Waals surface area contributed by atoms with Gasteiger partial charge in [0.1, 0.15) is 23.0 Å². The maximum atomic E-state index is 10.4. The predicted molar refractivity (Wildman–Crippen MR) is 198 cm³/mol. The summed E-state index contributed by atoms with van der Waals surface area (Å²) in [7, 11) is 0. The number of hydrogen-bond acceptors (Lipinski definition) is 3. The third-order valence-electron chi connectivity index (χ3n) is 9.41. The number of nitrogens with zero attached hydrogens (tertiary/aromatic N) is 3. The van der Waals surface area contributed by atoms with E-state index in [9.17, 15) is 5.26 Å². The molecule has 0 saturated carbocycles. The average molecular weight is 622 g/mol. The summed E-state index contributed by atoms with van der Waals surface area (Å²) in [6, 6.07) is 46.5. The fourth-order valence-electron chi connectivity index (χ4n) is 7.06. The Balaban J connectivity index is 1.44. The van der Waals surface area contributed by atoms with Crippen LogP contribution in [0.15, 0.2) is 132 Å². The quantitative estimate of drug-likeness (QED) is 0.186. The molecule has 8 rings (SSSR count). The molecule has 0 spiro atoms. The van der Waals surface area contributed by atoms with Crippen LogP contribution in [-0.4, -0.2) is 9.55 Å². The van der Waals surface area contributed by atoms with Gasteiger partial charge in [0, 0.05) is 16.3 Å². The highest BCUT2D eigenvalue weighted by Crippen LogP contribution is 2.43. The van der Waals surface area contributed by atoms with Crippen LogP contribution in [0.25, 0.3) is 72.3 Å². The minimum Gasteiger partial charge on any atom is -0.454 e. The molecule has 0 fully saturated rings. The SMILES string of the molecule is CC(C)c1cc(-c2ccccc2)cc(C(C)C)c1-n1c(-c2cccc3c2oc2c(C#N)c(-c4ccccc4)ccc23)nc2ccccc21. The highest BCUT2D eigenvalue weighted by molar-refractivity contribution is 6.12. The average Bonchev–Trinajstić information content (AvgIpc) is 3.70. The van der Waals surface area contributed by atoms with E-state index in [0.717, 1.165) is 49.9 Å². The van der Waals surface area contributed by atoms with Gasteiger partial charge < -0.3 is 4.42 Å². The van der Waals surface area contributed by atoms with Crippen molar-refractivity contribution in [2.24, 2.45) is 0 Å². The van der Waals surface area contributed by atoms with Crippen molar-refractivity contribution in [2.45, 2.75) is 39.5 Å². The van der Waals surface area contributed by atoms with Crippen LogP contribution in [0.5, 0.6) is 0 Å². The number of hydrogen-bond donors (Lipinski definition) is 0. The fraction of sp³-hybridized carbons (Fsp3) is 0.136. The van der Waals surface area contributed by atoms with Crippen molar-refractivity contribution in [1.82, 2.24) is 9.55 Å². The van der Waals surface area contributed by atoms with Gasteiger partial charge in [-0.05, 0) is 76.1 Å². The number of benzene rings is 6. The Kier molecular flexibility index (Phi) is 7.19. The smallest absolute Gasteiger partial charge is 0.153 e. The molecule has 4 nitrogen and oxygen atoms in total. The van der Waals surface area contributed by atoms with E-state index in [1.807, 2.05) is 42.5 Å². The molecule has 0 aliphatic rings. The molecule has 2 heterocycles. The first-order valence-electron chi connectivity index (χ1n) is 16.6. The summed E-state index contributed by atoms with van der Waals surface area (Å²) in [6.45, 7) is 9.07. The summed E-state index contributed by atoms with van der Waals surface area (Å²) < 4.78 is 9.11. The fourth-order valence-corrected chi connectivity index (χ4v) is 7.06. The van der Waals surface area contributed by atoms with Gasteiger partial charge in [0.15, 0.2) is 5.58 Å². The molecule has 0 N–H and O–H groups in total. The second-order valence-corrected chi connectivity index (χ2v) is 13.1. The minimum atomic E-state index is 0.256. The molecule has 0 aliphatic heterocycles. The van der Waals surface area contributed by atoms with Crippen molar-refractivity contribution < 1.29 is 4.42 Å². The summed E-state index contributed by atoms with van der Waals surface area (Å²) in [6.07, 6.45) is 0. The predicted octanol–water partition coefficient (Wildman–Crippen LogP) is 12.0. The third kappa shape index (κ3) is 4.70. The molecule has 0 saturated heterocycles. The molecule has 232 valence electrons. The lowest BCUT2D eigenvalue weighted by Gasteiger charge is -2.24. The zero-order valence-electron chi connectivity index (χ0n) is 27.5. The van der Waals surface area contributed by atoms with Crippen LogP contribution in [-0.2, 0) is 0 Å². The molecule has 8 aromatic rings. The molecule has 0 atom stereocenters. The van der Waals surface area contributed by atoms with Gasteiger partial charge >= 0.3 is 0 Å². The lowest BCUT2D eigenvalue weighted by Crippen LogP contribution is -2.09. The van der Waals surface area contributed by atoms with Crippen molar-refractivity contribution in [1.29, 1.82) is 5.26 Å². The van der Waals surface area contributed by atoms with E-state index in [4.69, 9.17) is 9.40 Å². The van der Waals surface area contributed by atoms with Crippen LogP contribution < -0.4 is 0 Å². The number of aromatic nitrogens is 2. The number of imidazole rings is 1. The molecular weight excluding hydrogens is 587 g/mol. The van der Waals surface area contributed by atoms with Crippen molar-refractivity contribution in [2.75, 3.05) is 0 Å². The minimum absolute atomic E-state index is 0.256. The van der Waals surface area contributed by atoms with E-state index in [0.29, 0.717) is 11.1 Å². The largest absolute Gasteiger partial charge is 0.454 e. The number of rotatable bonds is 6. The topological polar surface area (TPSA) is 54.8 Å². The molecule has 0 aliphatic carbocycles. The summed E-state index contributed by atoms with van der Waals surface area (Å²) in [5.74, 6) is 1.33. The van der Waals surface area contributed by atoms with Gasteiger partial charge in [-0.25, -0.2) is 4.98 Å². The Morgan fingerprint density at radius 3 is 1.90 bits per heavy atom. The molecule has 4 heteroatoms. The van der Waals surface area contributed by atoms with Crippen LogP contribution in [0.2, 0.25) is 0 Å². The zero-order chi connectivity index (χ0) is 32.9. The summed E-state index contributed by atoms with van der Waals surface area (Å²) in [5, 5.41) is 12.3. The van der Waals surface area contributed by atoms with Crippen LogP contribution in [0.1, 0.15) is 56.2 Å². The van der Waals surface area contributed by atoms with Gasteiger partial charge in [-0.2, -0.15) is 5.26 Å². The molecule has 0 bridgehead atoms. The standard InChI is InChI=1S/C44H35N3O/c1-27(2)36-24-31(29-14-7-5-8-15-29)25-37(28(3)4)41(36)47-40-21-12-11-20-39(40)46-44(47)35-19-13-18-33-34-23-22-32(30-16-9-6-10-17-30)38(26-45)43(34)48-42(33)35/h5-25,27-28H,1-4H3. The van der Waals surface area contributed by atoms with Crippen molar-refractivity contribution >= 4 is 33.0 Å². The van der Waals surface area contributed by atoms with E-state index >= 15 is 0 Å². The lowest BCUT2D eigenvalue weighted by molar-refractivity contribution is 0.668. The van der Waals surface area contributed by atoms with E-state index in [-0.39, 0.29) is 11.8 Å². The van der Waals surface area contributed by atoms with Crippen LogP contribution >= 0.6 is 0 Å². The van der Waals surface area contributed by atoms with Gasteiger partial charge in [0.25, 0.3) is 0 Å². The Morgan fingerprint density at radius 1 is 0.604 bits per heavy atom. The molecular formula is C44H35N3O. The van der Waals surface area contributed by atoms with Crippen LogP contribution in [0, 0.1) is 11.3 Å². The van der Waals surface area contributed by atoms with Gasteiger partial charge in [0.05, 0.1) is 22.3 Å². The Bertz CT molecular complexity index is 2480. The first-order chi connectivity index (χ1) is 23.4. The van der Waals surface area contributed by atoms with Crippen molar-refractivity contribution in [3.8, 4) is 45.4 Å². The Morgan fingerprint density at radius 2 is 1.23 bits per heavy atom. The van der Waals surface area contributed by atoms with Crippen LogP contribution in [0.4, 0.5) is 0 Å². The first-order valence-corrected chi connectivity index (χ1v) is 16.6. The lowest BCUT2D eigenvalue weighted by atomic mass is 9.88. The monoisotopic (exact) mass is 621 g/mol. The summed E-state index contributed by atoms with van der Waals surface area (Å²) in [5.41, 5.74) is 12.7. The van der Waals surface area contributed by atoms with Gasteiger partial charge in [-0.1, -0.05) is 119 Å². The number of furan rings is 1. The van der Waals surface area contributed by atoms with Crippen molar-refractivity contribution in [3.05, 3.63) is 144 Å². The highest BCUT2D eigenvalue weighted by atomic mass is 16.3. The number of para-hydroxylation sites is 3. The third-order valence-corrected chi connectivity index (χ3v) is 9.41. The second-order valence-electron chi connectivity index (χ2n) is 13.1. The van der Waals surface area contributed by atoms with E-state index < -0.39 is 0 Å². The maximum Gasteiger partial charge on any atom is 0.153 e. The number of nitriles is 1. The van der Waals surface area contributed by atoms with Crippen LogP contribution in [0.3, 0.4) is 0 Å². The Labute approximate surface area is 280 Å². The summed E-state index contributed by atoms with van der Waals surface area (Å²) >= 11 is 0. The van der Waals surface area contributed by atoms with E-state index in [2.05, 4.69) is 123 Å². The van der Waals surface area contributed by atoms with Gasteiger partial charge in [-0.3, -0.25) is 4.57 Å². The maximum absolute atomic E-state index is 10.4. The molecule has 2 aromatic heterocycles. The molecule has 0 unspecified atom stereocenters. The molecule has 0 radical (unpaired) electrons. The Hall–Kier alpha value is -5.92. The van der Waals surface area contributed by atoms with Gasteiger partial charge in [0.2, 0.25) is 0 Å². The zero-order valence-corrected chi connectivity index (χ0v) is 27.5. The molecule has 48 heavy (non-hydrogen) atoms. The first kappa shape index (κ1) is 29.5. The molecule has 0 amide bonds.